The SMILES string of the molecule is CCC(C(=Nc1c(C)cc(C)cc1C)OC(=O)Cl)c1ccccc1. The van der Waals surface area contributed by atoms with Gasteiger partial charge in [0.25, 0.3) is 0 Å². The molecule has 0 saturated heterocycles. The van der Waals surface area contributed by atoms with E-state index in [0.717, 1.165) is 28.8 Å². The van der Waals surface area contributed by atoms with Crippen molar-refractivity contribution < 1.29 is 9.53 Å². The Morgan fingerprint density at radius 2 is 1.71 bits per heavy atom. The normalized spacial score (nSPS) is 12.8. The molecule has 0 N–H and O–H groups in total. The largest absolute Gasteiger partial charge is 0.410 e. The molecule has 0 aliphatic carbocycles. The zero-order valence-electron chi connectivity index (χ0n) is 14.5. The van der Waals surface area contributed by atoms with Crippen molar-refractivity contribution in [3.05, 3.63) is 64.7 Å². The fourth-order valence-electron chi connectivity index (χ4n) is 2.95. The van der Waals surface area contributed by atoms with E-state index in [4.69, 9.17) is 16.3 Å². The van der Waals surface area contributed by atoms with Crippen LogP contribution < -0.4 is 0 Å². The Hall–Kier alpha value is -2.13. The Morgan fingerprint density at radius 3 is 2.21 bits per heavy atom. The molecule has 0 spiro atoms. The van der Waals surface area contributed by atoms with Gasteiger partial charge in [-0.25, -0.2) is 9.79 Å². The van der Waals surface area contributed by atoms with Gasteiger partial charge in [-0.2, -0.15) is 0 Å². The summed E-state index contributed by atoms with van der Waals surface area (Å²) < 4.78 is 5.28. The van der Waals surface area contributed by atoms with Crippen molar-refractivity contribution in [2.45, 2.75) is 40.0 Å². The third-order valence-electron chi connectivity index (χ3n) is 3.95. The zero-order chi connectivity index (χ0) is 17.7. The number of nitrogens with zero attached hydrogens (tertiary/aromatic N) is 1. The second-order valence-electron chi connectivity index (χ2n) is 5.91. The summed E-state index contributed by atoms with van der Waals surface area (Å²) in [5.74, 6) is 0.202. The molecule has 0 heterocycles. The second kappa shape index (κ2) is 8.11. The van der Waals surface area contributed by atoms with Crippen molar-refractivity contribution in [2.24, 2.45) is 4.99 Å². The van der Waals surface area contributed by atoms with E-state index in [1.165, 1.54) is 5.56 Å². The predicted octanol–water partition coefficient (Wildman–Crippen LogP) is 6.21. The lowest BCUT2D eigenvalue weighted by molar-refractivity contribution is 0.221. The molecular formula is C20H22ClNO2. The smallest absolute Gasteiger partial charge is 0.399 e. The van der Waals surface area contributed by atoms with Crippen molar-refractivity contribution >= 4 is 28.6 Å². The predicted molar refractivity (Wildman–Crippen MR) is 99.6 cm³/mol. The Morgan fingerprint density at radius 1 is 1.12 bits per heavy atom. The zero-order valence-corrected chi connectivity index (χ0v) is 15.2. The molecule has 0 aliphatic rings. The van der Waals surface area contributed by atoms with E-state index in [9.17, 15) is 4.79 Å². The Balaban J connectivity index is 2.54. The summed E-state index contributed by atoms with van der Waals surface area (Å²) in [6.45, 7) is 8.08. The maximum absolute atomic E-state index is 11.4. The highest BCUT2D eigenvalue weighted by molar-refractivity contribution is 6.62. The third kappa shape index (κ3) is 4.45. The number of benzene rings is 2. The number of aryl methyl sites for hydroxylation is 3. The van der Waals surface area contributed by atoms with Crippen LogP contribution in [0.3, 0.4) is 0 Å². The van der Waals surface area contributed by atoms with Crippen LogP contribution in [0.1, 0.15) is 41.5 Å². The number of carbonyl (C=O) groups excluding carboxylic acids is 1. The lowest BCUT2D eigenvalue weighted by Crippen LogP contribution is -2.17. The van der Waals surface area contributed by atoms with Crippen molar-refractivity contribution in [2.75, 3.05) is 0 Å². The van der Waals surface area contributed by atoms with E-state index >= 15 is 0 Å². The van der Waals surface area contributed by atoms with Crippen molar-refractivity contribution in [1.29, 1.82) is 0 Å². The molecular weight excluding hydrogens is 322 g/mol. The average molecular weight is 344 g/mol. The maximum Gasteiger partial charge on any atom is 0.410 e. The summed E-state index contributed by atoms with van der Waals surface area (Å²) in [6.07, 6.45) is 0.747. The van der Waals surface area contributed by atoms with Crippen molar-refractivity contribution in [1.82, 2.24) is 0 Å². The van der Waals surface area contributed by atoms with Gasteiger partial charge in [-0.1, -0.05) is 55.0 Å². The van der Waals surface area contributed by atoms with Crippen LogP contribution in [0.5, 0.6) is 0 Å². The molecule has 0 saturated carbocycles. The summed E-state index contributed by atoms with van der Waals surface area (Å²) in [4.78, 5) is 16.1. The van der Waals surface area contributed by atoms with E-state index in [2.05, 4.69) is 17.1 Å². The van der Waals surface area contributed by atoms with Gasteiger partial charge in [0, 0.05) is 11.6 Å². The number of aliphatic imine (C=N–C) groups is 1. The molecule has 2 rings (SSSR count). The quantitative estimate of drug-likeness (QED) is 0.376. The van der Waals surface area contributed by atoms with Crippen LogP contribution in [0.15, 0.2) is 47.5 Å². The Bertz CT molecular complexity index is 730. The Kier molecular flexibility index (Phi) is 6.16. The molecule has 2 aromatic rings. The fraction of sp³-hybridized carbons (Fsp3) is 0.300. The first kappa shape index (κ1) is 18.2. The highest BCUT2D eigenvalue weighted by Gasteiger charge is 2.21. The summed E-state index contributed by atoms with van der Waals surface area (Å²) in [6, 6.07) is 14.0. The van der Waals surface area contributed by atoms with Crippen molar-refractivity contribution in [3.8, 4) is 0 Å². The molecule has 0 aromatic heterocycles. The number of halogens is 1. The van der Waals surface area contributed by atoms with Crippen LogP contribution in [0.2, 0.25) is 0 Å². The van der Waals surface area contributed by atoms with E-state index in [1.807, 2.05) is 58.0 Å². The molecule has 126 valence electrons. The van der Waals surface area contributed by atoms with Crippen LogP contribution in [-0.2, 0) is 4.74 Å². The highest BCUT2D eigenvalue weighted by atomic mass is 35.5. The molecule has 3 nitrogen and oxygen atoms in total. The first-order valence-electron chi connectivity index (χ1n) is 8.01. The van der Waals surface area contributed by atoms with E-state index in [0.29, 0.717) is 5.90 Å². The minimum atomic E-state index is -0.870. The molecule has 24 heavy (non-hydrogen) atoms. The van der Waals surface area contributed by atoms with Crippen LogP contribution in [0.25, 0.3) is 0 Å². The molecule has 1 atom stereocenters. The molecule has 0 aliphatic heterocycles. The lowest BCUT2D eigenvalue weighted by Gasteiger charge is -2.18. The first-order valence-corrected chi connectivity index (χ1v) is 8.38. The van der Waals surface area contributed by atoms with Gasteiger partial charge in [0.15, 0.2) is 0 Å². The van der Waals surface area contributed by atoms with Crippen molar-refractivity contribution in [3.63, 3.8) is 0 Å². The van der Waals surface area contributed by atoms with Gasteiger partial charge in [-0.05, 0) is 43.9 Å². The van der Waals surface area contributed by atoms with E-state index in [1.54, 1.807) is 0 Å². The van der Waals surface area contributed by atoms with Gasteiger partial charge >= 0.3 is 5.43 Å². The highest BCUT2D eigenvalue weighted by Crippen LogP contribution is 2.29. The summed E-state index contributed by atoms with van der Waals surface area (Å²) in [5.41, 5.74) is 4.25. The summed E-state index contributed by atoms with van der Waals surface area (Å²) in [7, 11) is 0. The van der Waals surface area contributed by atoms with Crippen LogP contribution in [-0.4, -0.2) is 11.3 Å². The number of ether oxygens (including phenoxy) is 1. The number of hydrogen-bond acceptors (Lipinski definition) is 3. The molecule has 2 aromatic carbocycles. The van der Waals surface area contributed by atoms with E-state index in [-0.39, 0.29) is 5.92 Å². The minimum Gasteiger partial charge on any atom is -0.399 e. The van der Waals surface area contributed by atoms with Gasteiger partial charge in [0.1, 0.15) is 0 Å². The summed E-state index contributed by atoms with van der Waals surface area (Å²) >= 11 is 5.49. The topological polar surface area (TPSA) is 38.7 Å². The van der Waals surface area contributed by atoms with Gasteiger partial charge in [-0.15, -0.1) is 0 Å². The first-order chi connectivity index (χ1) is 11.4. The molecule has 0 radical (unpaired) electrons. The fourth-order valence-corrected chi connectivity index (χ4v) is 3.03. The summed E-state index contributed by atoms with van der Waals surface area (Å²) in [5, 5.41) is 0. The molecule has 4 heteroatoms. The number of rotatable bonds is 4. The lowest BCUT2D eigenvalue weighted by atomic mass is 9.96. The standard InChI is InChI=1S/C20H22ClNO2/c1-5-17(16-9-7-6-8-10-16)19(24-20(21)23)22-18-14(3)11-13(2)12-15(18)4/h6-12,17H,5H2,1-4H3. The van der Waals surface area contributed by atoms with Crippen LogP contribution in [0, 0.1) is 20.8 Å². The van der Waals surface area contributed by atoms with Crippen LogP contribution in [0.4, 0.5) is 10.5 Å². The average Bonchev–Trinajstić information content (AvgIpc) is 2.51. The minimum absolute atomic E-state index is 0.131. The molecule has 0 bridgehead atoms. The molecule has 0 amide bonds. The van der Waals surface area contributed by atoms with E-state index < -0.39 is 5.43 Å². The molecule has 1 unspecified atom stereocenters. The van der Waals surface area contributed by atoms with Gasteiger partial charge in [0.05, 0.1) is 11.6 Å². The monoisotopic (exact) mass is 343 g/mol. The maximum atomic E-state index is 11.4. The Labute approximate surface area is 148 Å². The molecule has 0 fully saturated rings. The second-order valence-corrected chi connectivity index (χ2v) is 6.22. The third-order valence-corrected chi connectivity index (χ3v) is 4.03. The number of carbonyl (C=O) groups is 1. The number of hydrogen-bond donors (Lipinski definition) is 0. The van der Waals surface area contributed by atoms with Gasteiger partial charge in [-0.3, -0.25) is 0 Å². The van der Waals surface area contributed by atoms with Crippen LogP contribution >= 0.6 is 11.6 Å². The van der Waals surface area contributed by atoms with Gasteiger partial charge < -0.3 is 4.74 Å². The van der Waals surface area contributed by atoms with Gasteiger partial charge in [0.2, 0.25) is 5.90 Å².